The number of aromatic hydroxyl groups is 2. The first kappa shape index (κ1) is 19.6. The summed E-state index contributed by atoms with van der Waals surface area (Å²) in [6.07, 6.45) is 1.69. The van der Waals surface area contributed by atoms with Gasteiger partial charge in [-0.15, -0.1) is 0 Å². The zero-order chi connectivity index (χ0) is 21.9. The fourth-order valence-corrected chi connectivity index (χ4v) is 3.93. The van der Waals surface area contributed by atoms with Gasteiger partial charge < -0.3 is 10.2 Å². The summed E-state index contributed by atoms with van der Waals surface area (Å²) >= 11 is 0. The molecule has 32 heavy (non-hydrogen) atoms. The Morgan fingerprint density at radius 1 is 0.594 bits per heavy atom. The predicted octanol–water partition coefficient (Wildman–Crippen LogP) is 7.34. The molecule has 0 aliphatic heterocycles. The van der Waals surface area contributed by atoms with Gasteiger partial charge in [0.15, 0.2) is 0 Å². The SMILES string of the molecule is Oc1ccc2ccccc2c1C=Nc1cc(-c2ccccc2)c(O)c(-c2ccccc2)c1. The van der Waals surface area contributed by atoms with Crippen molar-refractivity contribution in [2.45, 2.75) is 0 Å². The van der Waals surface area contributed by atoms with E-state index in [-0.39, 0.29) is 11.5 Å². The largest absolute Gasteiger partial charge is 0.507 e. The number of fused-ring (bicyclic) bond motifs is 1. The average Bonchev–Trinajstić information content (AvgIpc) is 2.85. The van der Waals surface area contributed by atoms with Crippen LogP contribution in [0.15, 0.2) is 114 Å². The van der Waals surface area contributed by atoms with Crippen LogP contribution in [0.1, 0.15) is 5.56 Å². The van der Waals surface area contributed by atoms with Gasteiger partial charge in [0.05, 0.1) is 5.69 Å². The highest BCUT2D eigenvalue weighted by Gasteiger charge is 2.13. The quantitative estimate of drug-likeness (QED) is 0.302. The van der Waals surface area contributed by atoms with E-state index < -0.39 is 0 Å². The predicted molar refractivity (Wildman–Crippen MR) is 132 cm³/mol. The molecule has 3 nitrogen and oxygen atoms in total. The van der Waals surface area contributed by atoms with E-state index in [9.17, 15) is 10.2 Å². The summed E-state index contributed by atoms with van der Waals surface area (Å²) in [5.74, 6) is 0.396. The van der Waals surface area contributed by atoms with Crippen molar-refractivity contribution < 1.29 is 10.2 Å². The van der Waals surface area contributed by atoms with Gasteiger partial charge in [-0.25, -0.2) is 0 Å². The highest BCUT2D eigenvalue weighted by molar-refractivity contribution is 6.03. The lowest BCUT2D eigenvalue weighted by atomic mass is 9.96. The maximum absolute atomic E-state index is 11.1. The lowest BCUT2D eigenvalue weighted by molar-refractivity contribution is 0.475. The standard InChI is InChI=1S/C29H21NO2/c31-28-16-15-22-13-7-8-14-24(22)27(28)19-30-23-17-25(20-9-3-1-4-10-20)29(32)26(18-23)21-11-5-2-6-12-21/h1-19,31-32H. The lowest BCUT2D eigenvalue weighted by Gasteiger charge is -2.12. The molecule has 5 aromatic carbocycles. The second-order valence-corrected chi connectivity index (χ2v) is 7.60. The molecule has 0 radical (unpaired) electrons. The summed E-state index contributed by atoms with van der Waals surface area (Å²) in [7, 11) is 0. The Bertz CT molecular complexity index is 1360. The summed E-state index contributed by atoms with van der Waals surface area (Å²) in [6, 6.07) is 34.8. The molecule has 0 aliphatic rings. The Morgan fingerprint density at radius 2 is 1.16 bits per heavy atom. The van der Waals surface area contributed by atoms with Crippen molar-refractivity contribution >= 4 is 22.7 Å². The third kappa shape index (κ3) is 3.72. The van der Waals surface area contributed by atoms with Gasteiger partial charge in [-0.1, -0.05) is 91.0 Å². The minimum Gasteiger partial charge on any atom is -0.507 e. The molecule has 0 amide bonds. The van der Waals surface area contributed by atoms with E-state index in [0.717, 1.165) is 21.9 Å². The summed E-state index contributed by atoms with van der Waals surface area (Å²) < 4.78 is 0. The normalized spacial score (nSPS) is 11.2. The molecule has 3 heteroatoms. The second-order valence-electron chi connectivity index (χ2n) is 7.60. The molecule has 0 heterocycles. The van der Waals surface area contributed by atoms with E-state index >= 15 is 0 Å². The molecule has 0 aromatic heterocycles. The van der Waals surface area contributed by atoms with Crippen molar-refractivity contribution in [1.29, 1.82) is 0 Å². The first-order valence-corrected chi connectivity index (χ1v) is 10.4. The van der Waals surface area contributed by atoms with Gasteiger partial charge in [-0.05, 0) is 40.1 Å². The molecule has 0 aliphatic carbocycles. The molecule has 0 saturated heterocycles. The van der Waals surface area contributed by atoms with Crippen molar-refractivity contribution in [2.24, 2.45) is 4.99 Å². The zero-order valence-electron chi connectivity index (χ0n) is 17.3. The smallest absolute Gasteiger partial charge is 0.131 e. The molecular weight excluding hydrogens is 394 g/mol. The Morgan fingerprint density at radius 3 is 1.78 bits per heavy atom. The molecular formula is C29H21NO2. The summed E-state index contributed by atoms with van der Waals surface area (Å²) in [5.41, 5.74) is 4.59. The maximum atomic E-state index is 11.1. The van der Waals surface area contributed by atoms with Crippen molar-refractivity contribution in [3.8, 4) is 33.8 Å². The molecule has 0 bridgehead atoms. The van der Waals surface area contributed by atoms with Crippen LogP contribution in [0, 0.1) is 0 Å². The van der Waals surface area contributed by atoms with Gasteiger partial charge in [-0.2, -0.15) is 0 Å². The Kier molecular flexibility index (Phi) is 5.14. The fraction of sp³-hybridized carbons (Fsp3) is 0. The Labute approximate surface area is 186 Å². The molecule has 0 fully saturated rings. The van der Waals surface area contributed by atoms with Gasteiger partial charge >= 0.3 is 0 Å². The van der Waals surface area contributed by atoms with Gasteiger partial charge in [0.1, 0.15) is 11.5 Å². The number of hydrogen-bond donors (Lipinski definition) is 2. The number of aliphatic imine (C=N–C) groups is 1. The van der Waals surface area contributed by atoms with Gasteiger partial charge in [0.25, 0.3) is 0 Å². The van der Waals surface area contributed by atoms with Crippen molar-refractivity contribution in [2.75, 3.05) is 0 Å². The van der Waals surface area contributed by atoms with E-state index in [2.05, 4.69) is 0 Å². The Hall–Kier alpha value is -4.37. The second kappa shape index (κ2) is 8.40. The third-order valence-electron chi connectivity index (χ3n) is 5.55. The molecule has 0 unspecified atom stereocenters. The minimum atomic E-state index is 0.179. The van der Waals surface area contributed by atoms with Crippen LogP contribution in [0.2, 0.25) is 0 Å². The van der Waals surface area contributed by atoms with E-state index in [1.165, 1.54) is 0 Å². The van der Waals surface area contributed by atoms with Gasteiger partial charge in [-0.3, -0.25) is 4.99 Å². The average molecular weight is 415 g/mol. The molecule has 0 atom stereocenters. The van der Waals surface area contributed by atoms with Crippen LogP contribution in [0.4, 0.5) is 5.69 Å². The fourth-order valence-electron chi connectivity index (χ4n) is 3.93. The van der Waals surface area contributed by atoms with Gasteiger partial charge in [0.2, 0.25) is 0 Å². The van der Waals surface area contributed by atoms with Crippen molar-refractivity contribution in [1.82, 2.24) is 0 Å². The summed E-state index contributed by atoms with van der Waals surface area (Å²) in [5, 5.41) is 23.5. The summed E-state index contributed by atoms with van der Waals surface area (Å²) in [4.78, 5) is 4.70. The number of nitrogens with zero attached hydrogens (tertiary/aromatic N) is 1. The molecule has 0 saturated carbocycles. The van der Waals surface area contributed by atoms with Crippen molar-refractivity contribution in [3.05, 3.63) is 115 Å². The van der Waals surface area contributed by atoms with Crippen LogP contribution in [0.5, 0.6) is 11.5 Å². The zero-order valence-corrected chi connectivity index (χ0v) is 17.3. The minimum absolute atomic E-state index is 0.179. The van der Waals surface area contributed by atoms with E-state index in [1.54, 1.807) is 12.3 Å². The van der Waals surface area contributed by atoms with E-state index in [1.807, 2.05) is 103 Å². The van der Waals surface area contributed by atoms with Crippen LogP contribution in [-0.2, 0) is 0 Å². The molecule has 5 rings (SSSR count). The topological polar surface area (TPSA) is 52.8 Å². The highest BCUT2D eigenvalue weighted by Crippen LogP contribution is 2.41. The number of benzene rings is 5. The molecule has 2 N–H and O–H groups in total. The van der Waals surface area contributed by atoms with Crippen LogP contribution < -0.4 is 0 Å². The molecule has 154 valence electrons. The highest BCUT2D eigenvalue weighted by atomic mass is 16.3. The third-order valence-corrected chi connectivity index (χ3v) is 5.55. The molecule has 0 spiro atoms. The monoisotopic (exact) mass is 415 g/mol. The van der Waals surface area contributed by atoms with Crippen molar-refractivity contribution in [3.63, 3.8) is 0 Å². The summed E-state index contributed by atoms with van der Waals surface area (Å²) in [6.45, 7) is 0. The lowest BCUT2D eigenvalue weighted by Crippen LogP contribution is -1.87. The Balaban J connectivity index is 1.67. The van der Waals surface area contributed by atoms with Crippen LogP contribution in [0.3, 0.4) is 0 Å². The number of rotatable bonds is 4. The first-order chi connectivity index (χ1) is 15.7. The van der Waals surface area contributed by atoms with E-state index in [4.69, 9.17) is 4.99 Å². The van der Waals surface area contributed by atoms with Crippen LogP contribution in [-0.4, -0.2) is 16.4 Å². The molecule has 5 aromatic rings. The van der Waals surface area contributed by atoms with Crippen LogP contribution >= 0.6 is 0 Å². The number of hydrogen-bond acceptors (Lipinski definition) is 3. The first-order valence-electron chi connectivity index (χ1n) is 10.4. The van der Waals surface area contributed by atoms with Crippen LogP contribution in [0.25, 0.3) is 33.0 Å². The maximum Gasteiger partial charge on any atom is 0.131 e. The van der Waals surface area contributed by atoms with Gasteiger partial charge in [0, 0.05) is 22.9 Å². The number of phenols is 2. The van der Waals surface area contributed by atoms with E-state index in [0.29, 0.717) is 22.4 Å². The number of phenolic OH excluding ortho intramolecular Hbond substituents is 2.